The number of piperazine rings is 1. The van der Waals surface area contributed by atoms with E-state index >= 15 is 0 Å². The maximum atomic E-state index is 13.2. The molecule has 156 valence electrons. The zero-order valence-electron chi connectivity index (χ0n) is 17.4. The quantitative estimate of drug-likeness (QED) is 0.506. The minimum absolute atomic E-state index is 0.0867. The topological polar surface area (TPSA) is 75.4 Å². The molecule has 5 rings (SSSR count). The van der Waals surface area contributed by atoms with Gasteiger partial charge in [0.25, 0.3) is 5.91 Å². The molecule has 4 aromatic rings. The number of pyridine rings is 1. The standard InChI is InChI=1S/C24H23N5O2/c1-2-22-26-23(27-31-22)18-10-11-21(25-16-18)28-12-14-29(15-13-28)24(30)20-9-5-7-17-6-3-4-8-19(17)20/h3-11,16H,2,12-15H2,1H3. The molecule has 0 saturated carbocycles. The van der Waals surface area contributed by atoms with Crippen molar-refractivity contribution in [1.29, 1.82) is 0 Å². The van der Waals surface area contributed by atoms with Crippen molar-refractivity contribution in [2.24, 2.45) is 0 Å². The van der Waals surface area contributed by atoms with E-state index < -0.39 is 0 Å². The van der Waals surface area contributed by atoms with Crippen LogP contribution in [0.15, 0.2) is 65.3 Å². The van der Waals surface area contributed by atoms with Crippen LogP contribution in [-0.4, -0.2) is 52.1 Å². The molecule has 2 aromatic carbocycles. The zero-order valence-corrected chi connectivity index (χ0v) is 17.4. The van der Waals surface area contributed by atoms with Gasteiger partial charge in [-0.15, -0.1) is 0 Å². The monoisotopic (exact) mass is 413 g/mol. The average Bonchev–Trinajstić information content (AvgIpc) is 3.33. The van der Waals surface area contributed by atoms with Crippen molar-refractivity contribution in [1.82, 2.24) is 20.0 Å². The first-order chi connectivity index (χ1) is 15.2. The molecule has 1 amide bonds. The van der Waals surface area contributed by atoms with Gasteiger partial charge in [0.1, 0.15) is 5.82 Å². The summed E-state index contributed by atoms with van der Waals surface area (Å²) in [6.07, 6.45) is 2.48. The molecule has 1 aliphatic heterocycles. The number of carbonyl (C=O) groups is 1. The highest BCUT2D eigenvalue weighted by Gasteiger charge is 2.24. The average molecular weight is 413 g/mol. The lowest BCUT2D eigenvalue weighted by atomic mass is 10.0. The van der Waals surface area contributed by atoms with E-state index in [4.69, 9.17) is 4.52 Å². The summed E-state index contributed by atoms with van der Waals surface area (Å²) < 4.78 is 5.18. The Kier molecular flexibility index (Phi) is 5.08. The van der Waals surface area contributed by atoms with Crippen LogP contribution in [0.25, 0.3) is 22.2 Å². The number of hydrogen-bond acceptors (Lipinski definition) is 6. The highest BCUT2D eigenvalue weighted by Crippen LogP contribution is 2.23. The van der Waals surface area contributed by atoms with Crippen LogP contribution in [-0.2, 0) is 6.42 Å². The van der Waals surface area contributed by atoms with Gasteiger partial charge in [-0.1, -0.05) is 48.5 Å². The van der Waals surface area contributed by atoms with Crippen molar-refractivity contribution in [2.75, 3.05) is 31.1 Å². The van der Waals surface area contributed by atoms with Gasteiger partial charge in [0, 0.05) is 49.9 Å². The van der Waals surface area contributed by atoms with E-state index in [0.29, 0.717) is 31.2 Å². The van der Waals surface area contributed by atoms with Crippen molar-refractivity contribution in [3.05, 3.63) is 72.2 Å². The number of aromatic nitrogens is 3. The predicted molar refractivity (Wildman–Crippen MR) is 119 cm³/mol. The Balaban J connectivity index is 1.26. The van der Waals surface area contributed by atoms with Crippen molar-refractivity contribution in [2.45, 2.75) is 13.3 Å². The van der Waals surface area contributed by atoms with Crippen LogP contribution in [0.2, 0.25) is 0 Å². The Morgan fingerprint density at radius 2 is 1.81 bits per heavy atom. The van der Waals surface area contributed by atoms with Crippen LogP contribution in [0.3, 0.4) is 0 Å². The molecule has 7 nitrogen and oxygen atoms in total. The maximum Gasteiger partial charge on any atom is 0.254 e. The Morgan fingerprint density at radius 1 is 1.00 bits per heavy atom. The van der Waals surface area contributed by atoms with Crippen molar-refractivity contribution in [3.63, 3.8) is 0 Å². The Labute approximate surface area is 180 Å². The molecule has 3 heterocycles. The molecule has 1 saturated heterocycles. The smallest absolute Gasteiger partial charge is 0.254 e. The molecule has 0 radical (unpaired) electrons. The largest absolute Gasteiger partial charge is 0.353 e. The molecule has 1 fully saturated rings. The number of rotatable bonds is 4. The zero-order chi connectivity index (χ0) is 21.2. The Hall–Kier alpha value is -3.74. The van der Waals surface area contributed by atoms with Crippen LogP contribution in [0.5, 0.6) is 0 Å². The van der Waals surface area contributed by atoms with E-state index in [0.717, 1.165) is 40.8 Å². The number of amides is 1. The summed E-state index contributed by atoms with van der Waals surface area (Å²) >= 11 is 0. The summed E-state index contributed by atoms with van der Waals surface area (Å²) in [4.78, 5) is 26.2. The molecular weight excluding hydrogens is 390 g/mol. The summed E-state index contributed by atoms with van der Waals surface area (Å²) in [5.41, 5.74) is 1.59. The molecule has 0 spiro atoms. The molecule has 0 bridgehead atoms. The van der Waals surface area contributed by atoms with Crippen LogP contribution in [0.4, 0.5) is 5.82 Å². The van der Waals surface area contributed by atoms with Gasteiger partial charge in [-0.2, -0.15) is 4.98 Å². The lowest BCUT2D eigenvalue weighted by Gasteiger charge is -2.35. The summed E-state index contributed by atoms with van der Waals surface area (Å²) in [5, 5.41) is 6.08. The van der Waals surface area contributed by atoms with Gasteiger partial charge >= 0.3 is 0 Å². The molecule has 0 atom stereocenters. The van der Waals surface area contributed by atoms with Crippen LogP contribution < -0.4 is 4.90 Å². The molecule has 7 heteroatoms. The van der Waals surface area contributed by atoms with Gasteiger partial charge in [0.2, 0.25) is 11.7 Å². The predicted octanol–water partition coefficient (Wildman–Crippen LogP) is 3.81. The molecule has 31 heavy (non-hydrogen) atoms. The fourth-order valence-corrected chi connectivity index (χ4v) is 3.94. The number of fused-ring (bicyclic) bond motifs is 1. The van der Waals surface area contributed by atoms with Crippen LogP contribution in [0.1, 0.15) is 23.2 Å². The molecule has 0 unspecified atom stereocenters. The van der Waals surface area contributed by atoms with Crippen LogP contribution >= 0.6 is 0 Å². The molecule has 0 N–H and O–H groups in total. The summed E-state index contributed by atoms with van der Waals surface area (Å²) in [7, 11) is 0. The van der Waals surface area contributed by atoms with Gasteiger partial charge in [0.05, 0.1) is 0 Å². The minimum atomic E-state index is 0.0867. The summed E-state index contributed by atoms with van der Waals surface area (Å²) in [6, 6.07) is 17.9. The second-order valence-corrected chi connectivity index (χ2v) is 7.58. The summed E-state index contributed by atoms with van der Waals surface area (Å²) in [6.45, 7) is 4.78. The number of benzene rings is 2. The maximum absolute atomic E-state index is 13.2. The van der Waals surface area contributed by atoms with E-state index in [9.17, 15) is 4.79 Å². The normalized spacial score (nSPS) is 14.2. The number of aryl methyl sites for hydroxylation is 1. The number of nitrogens with zero attached hydrogens (tertiary/aromatic N) is 5. The third-order valence-electron chi connectivity index (χ3n) is 5.69. The molecule has 2 aromatic heterocycles. The second-order valence-electron chi connectivity index (χ2n) is 7.58. The first-order valence-corrected chi connectivity index (χ1v) is 10.5. The number of anilines is 1. The van der Waals surface area contributed by atoms with Crippen molar-refractivity contribution < 1.29 is 9.32 Å². The van der Waals surface area contributed by atoms with E-state index in [1.54, 1.807) is 6.20 Å². The molecular formula is C24H23N5O2. The fraction of sp³-hybridized carbons (Fsp3) is 0.250. The highest BCUT2D eigenvalue weighted by atomic mass is 16.5. The highest BCUT2D eigenvalue weighted by molar-refractivity contribution is 6.07. The van der Waals surface area contributed by atoms with Gasteiger partial charge in [0.15, 0.2) is 0 Å². The van der Waals surface area contributed by atoms with Crippen molar-refractivity contribution in [3.8, 4) is 11.4 Å². The number of hydrogen-bond donors (Lipinski definition) is 0. The van der Waals surface area contributed by atoms with E-state index in [1.165, 1.54) is 0 Å². The van der Waals surface area contributed by atoms with Crippen molar-refractivity contribution >= 4 is 22.5 Å². The van der Waals surface area contributed by atoms with E-state index in [1.807, 2.05) is 66.4 Å². The molecule has 0 aliphatic carbocycles. The summed E-state index contributed by atoms with van der Waals surface area (Å²) in [5.74, 6) is 2.15. The number of carbonyl (C=O) groups excluding carboxylic acids is 1. The minimum Gasteiger partial charge on any atom is -0.353 e. The first kappa shape index (κ1) is 19.2. The third-order valence-corrected chi connectivity index (χ3v) is 5.69. The van der Waals surface area contributed by atoms with Gasteiger partial charge < -0.3 is 14.3 Å². The second kappa shape index (κ2) is 8.18. The van der Waals surface area contributed by atoms with Crippen LogP contribution in [0, 0.1) is 0 Å². The SMILES string of the molecule is CCc1nc(-c2ccc(N3CCN(C(=O)c4cccc5ccccc45)CC3)nc2)no1. The van der Waals surface area contributed by atoms with Gasteiger partial charge in [-0.05, 0) is 29.0 Å². The first-order valence-electron chi connectivity index (χ1n) is 10.5. The molecule has 1 aliphatic rings. The van der Waals surface area contributed by atoms with Gasteiger partial charge in [-0.3, -0.25) is 4.79 Å². The van der Waals surface area contributed by atoms with E-state index in [-0.39, 0.29) is 5.91 Å². The van der Waals surface area contributed by atoms with E-state index in [2.05, 4.69) is 20.0 Å². The lowest BCUT2D eigenvalue weighted by Crippen LogP contribution is -2.49. The third kappa shape index (κ3) is 3.74. The Morgan fingerprint density at radius 3 is 2.55 bits per heavy atom. The lowest BCUT2D eigenvalue weighted by molar-refractivity contribution is 0.0748. The van der Waals surface area contributed by atoms with Gasteiger partial charge in [-0.25, -0.2) is 4.98 Å². The fourth-order valence-electron chi connectivity index (χ4n) is 3.94. The Bertz CT molecular complexity index is 1200.